The van der Waals surface area contributed by atoms with Crippen molar-refractivity contribution in [2.75, 3.05) is 0 Å². The maximum Gasteiger partial charge on any atom is -0.0295 e. The van der Waals surface area contributed by atoms with Gasteiger partial charge in [0.25, 0.3) is 0 Å². The molecule has 0 heterocycles. The minimum atomic E-state index is 0.573. The molecular weight excluding hydrogens is 228 g/mol. The Hall–Kier alpha value is 0. The molecule has 3 unspecified atom stereocenters. The van der Waals surface area contributed by atoms with Crippen molar-refractivity contribution in [2.24, 2.45) is 23.2 Å². The molecule has 0 rings (SSSR count). The van der Waals surface area contributed by atoms with Crippen LogP contribution in [0.3, 0.4) is 0 Å². The van der Waals surface area contributed by atoms with Crippen LogP contribution in [0.2, 0.25) is 0 Å². The Morgan fingerprint density at radius 3 is 1.79 bits per heavy atom. The van der Waals surface area contributed by atoms with E-state index in [9.17, 15) is 0 Å². The summed E-state index contributed by atoms with van der Waals surface area (Å²) >= 11 is 0. The first-order chi connectivity index (χ1) is 8.95. The summed E-state index contributed by atoms with van der Waals surface area (Å²) in [6.45, 7) is 16.9. The monoisotopic (exact) mass is 268 g/mol. The molecule has 0 radical (unpaired) electrons. The molecule has 0 N–H and O–H groups in total. The lowest BCUT2D eigenvalue weighted by molar-refractivity contribution is 0.0923. The topological polar surface area (TPSA) is 0 Å². The van der Waals surface area contributed by atoms with Gasteiger partial charge in [-0.3, -0.25) is 0 Å². The zero-order valence-electron chi connectivity index (χ0n) is 14.9. The van der Waals surface area contributed by atoms with Gasteiger partial charge in [-0.25, -0.2) is 0 Å². The molecule has 0 aliphatic carbocycles. The average molecular weight is 269 g/mol. The van der Waals surface area contributed by atoms with Gasteiger partial charge in [-0.1, -0.05) is 87.0 Å². The van der Waals surface area contributed by atoms with Crippen LogP contribution in [0.25, 0.3) is 0 Å². The molecule has 0 fully saturated rings. The predicted octanol–water partition coefficient (Wildman–Crippen LogP) is 7.08. The van der Waals surface area contributed by atoms with Crippen molar-refractivity contribution in [1.82, 2.24) is 0 Å². The van der Waals surface area contributed by atoms with Crippen molar-refractivity contribution in [2.45, 2.75) is 99.8 Å². The maximum atomic E-state index is 2.59. The fourth-order valence-corrected chi connectivity index (χ4v) is 4.08. The second-order valence-electron chi connectivity index (χ2n) is 7.29. The summed E-state index contributed by atoms with van der Waals surface area (Å²) in [6, 6.07) is 0. The van der Waals surface area contributed by atoms with Gasteiger partial charge in [-0.05, 0) is 36.0 Å². The molecule has 0 nitrogen and oxygen atoms in total. The number of hydrogen-bond acceptors (Lipinski definition) is 0. The van der Waals surface area contributed by atoms with E-state index in [-0.39, 0.29) is 0 Å². The third kappa shape index (κ3) is 6.32. The van der Waals surface area contributed by atoms with Gasteiger partial charge in [-0.15, -0.1) is 0 Å². The van der Waals surface area contributed by atoms with E-state index in [1.807, 2.05) is 0 Å². The maximum absolute atomic E-state index is 2.59. The molecule has 0 aromatic heterocycles. The van der Waals surface area contributed by atoms with Crippen molar-refractivity contribution < 1.29 is 0 Å². The van der Waals surface area contributed by atoms with Crippen molar-refractivity contribution in [3.05, 3.63) is 0 Å². The van der Waals surface area contributed by atoms with Crippen molar-refractivity contribution in [3.63, 3.8) is 0 Å². The molecule has 0 heteroatoms. The van der Waals surface area contributed by atoms with Crippen LogP contribution in [-0.2, 0) is 0 Å². The highest BCUT2D eigenvalue weighted by molar-refractivity contribution is 4.85. The molecule has 0 aromatic rings. The van der Waals surface area contributed by atoms with Crippen LogP contribution < -0.4 is 0 Å². The highest BCUT2D eigenvalue weighted by Crippen LogP contribution is 2.45. The van der Waals surface area contributed by atoms with E-state index in [1.165, 1.54) is 51.4 Å². The smallest absolute Gasteiger partial charge is 0.0295 e. The fraction of sp³-hybridized carbons (Fsp3) is 1.00. The van der Waals surface area contributed by atoms with E-state index in [0.29, 0.717) is 5.41 Å². The van der Waals surface area contributed by atoms with Gasteiger partial charge in [0.15, 0.2) is 0 Å². The van der Waals surface area contributed by atoms with E-state index >= 15 is 0 Å². The molecule has 3 atom stereocenters. The van der Waals surface area contributed by atoms with Crippen LogP contribution >= 0.6 is 0 Å². The van der Waals surface area contributed by atoms with E-state index in [0.717, 1.165) is 17.8 Å². The van der Waals surface area contributed by atoms with Gasteiger partial charge in [0, 0.05) is 0 Å². The highest BCUT2D eigenvalue weighted by Gasteiger charge is 2.34. The summed E-state index contributed by atoms with van der Waals surface area (Å²) in [7, 11) is 0. The van der Waals surface area contributed by atoms with E-state index in [1.54, 1.807) is 0 Å². The third-order valence-electron chi connectivity index (χ3n) is 5.27. The van der Waals surface area contributed by atoms with Crippen molar-refractivity contribution in [3.8, 4) is 0 Å². The lowest BCUT2D eigenvalue weighted by atomic mass is 9.64. The Labute approximate surface area is 123 Å². The summed E-state index contributed by atoms with van der Waals surface area (Å²) in [4.78, 5) is 0. The minimum Gasteiger partial charge on any atom is -0.0654 e. The van der Waals surface area contributed by atoms with Gasteiger partial charge in [0.05, 0.1) is 0 Å². The fourth-order valence-electron chi connectivity index (χ4n) is 4.08. The molecule has 0 aliphatic rings. The molecule has 0 bridgehead atoms. The average Bonchev–Trinajstić information content (AvgIpc) is 2.35. The summed E-state index contributed by atoms with van der Waals surface area (Å²) in [5.74, 6) is 2.69. The molecule has 0 aromatic carbocycles. The molecule has 0 saturated carbocycles. The lowest BCUT2D eigenvalue weighted by Gasteiger charge is -2.41. The van der Waals surface area contributed by atoms with Gasteiger partial charge in [0.1, 0.15) is 0 Å². The molecule has 0 spiro atoms. The van der Waals surface area contributed by atoms with Crippen LogP contribution in [0.1, 0.15) is 99.8 Å². The Balaban J connectivity index is 4.91. The number of hydrogen-bond donors (Lipinski definition) is 0. The molecular formula is C19H40. The lowest BCUT2D eigenvalue weighted by Crippen LogP contribution is -2.31. The first kappa shape index (κ1) is 19.0. The van der Waals surface area contributed by atoms with Crippen molar-refractivity contribution >= 4 is 0 Å². The van der Waals surface area contributed by atoms with Gasteiger partial charge >= 0.3 is 0 Å². The summed E-state index contributed by atoms with van der Waals surface area (Å²) in [5, 5.41) is 0. The van der Waals surface area contributed by atoms with Crippen LogP contribution in [0.15, 0.2) is 0 Å². The zero-order valence-corrected chi connectivity index (χ0v) is 14.9. The van der Waals surface area contributed by atoms with Gasteiger partial charge in [-0.2, -0.15) is 0 Å². The second-order valence-corrected chi connectivity index (χ2v) is 7.29. The molecule has 0 saturated heterocycles. The van der Waals surface area contributed by atoms with E-state index < -0.39 is 0 Å². The molecule has 116 valence electrons. The Morgan fingerprint density at radius 2 is 1.42 bits per heavy atom. The minimum absolute atomic E-state index is 0.573. The molecule has 0 amide bonds. The third-order valence-corrected chi connectivity index (χ3v) is 5.27. The summed E-state index contributed by atoms with van der Waals surface area (Å²) in [5.41, 5.74) is 0.573. The van der Waals surface area contributed by atoms with E-state index in [2.05, 4.69) is 48.5 Å². The van der Waals surface area contributed by atoms with Crippen LogP contribution in [0, 0.1) is 23.2 Å². The molecule has 0 aliphatic heterocycles. The predicted molar refractivity (Wildman–Crippen MR) is 89.6 cm³/mol. The Kier molecular flexibility index (Phi) is 9.83. The van der Waals surface area contributed by atoms with Gasteiger partial charge < -0.3 is 0 Å². The summed E-state index contributed by atoms with van der Waals surface area (Å²) < 4.78 is 0. The normalized spacial score (nSPS) is 18.3. The van der Waals surface area contributed by atoms with E-state index in [4.69, 9.17) is 0 Å². The second kappa shape index (κ2) is 9.83. The quantitative estimate of drug-likeness (QED) is 0.375. The van der Waals surface area contributed by atoms with Gasteiger partial charge in [0.2, 0.25) is 0 Å². The van der Waals surface area contributed by atoms with Crippen LogP contribution in [0.5, 0.6) is 0 Å². The van der Waals surface area contributed by atoms with Crippen LogP contribution in [-0.4, -0.2) is 0 Å². The summed E-state index contributed by atoms with van der Waals surface area (Å²) in [6.07, 6.45) is 11.1. The first-order valence-electron chi connectivity index (χ1n) is 8.95. The first-order valence-corrected chi connectivity index (χ1v) is 8.95. The Bertz CT molecular complexity index is 206. The SMILES string of the molecule is CCCC(CC(C)(CCC)C(CC)CCC)C(C)C. The van der Waals surface area contributed by atoms with Crippen LogP contribution in [0.4, 0.5) is 0 Å². The standard InChI is InChI=1S/C19H40/c1-8-12-17(16(5)6)15-19(7,14-10-3)18(11-4)13-9-2/h16-18H,8-15H2,1-7H3. The highest BCUT2D eigenvalue weighted by atomic mass is 14.4. The number of rotatable bonds is 11. The Morgan fingerprint density at radius 1 is 0.842 bits per heavy atom. The largest absolute Gasteiger partial charge is 0.0654 e. The zero-order chi connectivity index (χ0) is 14.9. The van der Waals surface area contributed by atoms with Crippen molar-refractivity contribution in [1.29, 1.82) is 0 Å². The molecule has 19 heavy (non-hydrogen) atoms.